The average Bonchev–Trinajstić information content (AvgIpc) is 3.14. The molecule has 1 aromatic carbocycles. The van der Waals surface area contributed by atoms with E-state index in [2.05, 4.69) is 45.0 Å². The maximum Gasteiger partial charge on any atom is 0.233 e. The average molecular weight is 286 g/mol. The van der Waals surface area contributed by atoms with E-state index in [9.17, 15) is 4.79 Å². The molecule has 1 aromatic rings. The second kappa shape index (κ2) is 4.84. The molecule has 1 unspecified atom stereocenters. The first-order chi connectivity index (χ1) is 9.83. The monoisotopic (exact) mass is 286 g/mol. The third-order valence-electron chi connectivity index (χ3n) is 4.97. The van der Waals surface area contributed by atoms with Crippen molar-refractivity contribution in [3.8, 4) is 0 Å². The van der Waals surface area contributed by atoms with Crippen molar-refractivity contribution in [2.24, 2.45) is 5.73 Å². The summed E-state index contributed by atoms with van der Waals surface area (Å²) in [5.74, 6) is 0.291. The van der Waals surface area contributed by atoms with Gasteiger partial charge >= 0.3 is 0 Å². The number of likely N-dealkylation sites (tertiary alicyclic amines) is 1. The summed E-state index contributed by atoms with van der Waals surface area (Å²) in [6.07, 6.45) is 2.89. The van der Waals surface area contributed by atoms with Crippen LogP contribution in [0.2, 0.25) is 0 Å². The van der Waals surface area contributed by atoms with Crippen LogP contribution in [0.1, 0.15) is 51.2 Å². The minimum atomic E-state index is -0.250. The molecule has 3 nitrogen and oxygen atoms in total. The van der Waals surface area contributed by atoms with E-state index in [-0.39, 0.29) is 16.9 Å². The van der Waals surface area contributed by atoms with Gasteiger partial charge in [-0.25, -0.2) is 0 Å². The lowest BCUT2D eigenvalue weighted by Gasteiger charge is -2.25. The number of benzene rings is 1. The van der Waals surface area contributed by atoms with Crippen LogP contribution >= 0.6 is 0 Å². The van der Waals surface area contributed by atoms with E-state index in [4.69, 9.17) is 5.73 Å². The molecule has 0 radical (unpaired) electrons. The quantitative estimate of drug-likeness (QED) is 0.908. The first kappa shape index (κ1) is 14.6. The van der Waals surface area contributed by atoms with Crippen molar-refractivity contribution in [2.45, 2.75) is 56.9 Å². The van der Waals surface area contributed by atoms with E-state index in [0.717, 1.165) is 32.4 Å². The number of carbonyl (C=O) groups excluding carboxylic acids is 1. The van der Waals surface area contributed by atoms with Crippen LogP contribution in [0.25, 0.3) is 0 Å². The van der Waals surface area contributed by atoms with Crippen LogP contribution in [0.5, 0.6) is 0 Å². The van der Waals surface area contributed by atoms with Gasteiger partial charge in [-0.1, -0.05) is 45.0 Å². The number of hydrogen-bond acceptors (Lipinski definition) is 2. The predicted molar refractivity (Wildman–Crippen MR) is 85.2 cm³/mol. The van der Waals surface area contributed by atoms with Gasteiger partial charge in [0, 0.05) is 19.1 Å². The zero-order chi connectivity index (χ0) is 15.3. The third-order valence-corrected chi connectivity index (χ3v) is 4.97. The lowest BCUT2D eigenvalue weighted by molar-refractivity contribution is -0.132. The molecule has 0 spiro atoms. The Morgan fingerprint density at radius 2 is 1.86 bits per heavy atom. The number of amides is 1. The van der Waals surface area contributed by atoms with E-state index in [0.29, 0.717) is 5.91 Å². The van der Waals surface area contributed by atoms with E-state index < -0.39 is 0 Å². The van der Waals surface area contributed by atoms with Crippen LogP contribution in [0.3, 0.4) is 0 Å². The molecule has 2 N–H and O–H groups in total. The summed E-state index contributed by atoms with van der Waals surface area (Å²) in [6, 6.07) is 8.83. The first-order valence-electron chi connectivity index (χ1n) is 7.99. The van der Waals surface area contributed by atoms with Crippen molar-refractivity contribution in [1.82, 2.24) is 4.90 Å². The van der Waals surface area contributed by atoms with Crippen molar-refractivity contribution in [2.75, 3.05) is 13.1 Å². The van der Waals surface area contributed by atoms with Gasteiger partial charge in [-0.05, 0) is 35.8 Å². The van der Waals surface area contributed by atoms with Crippen molar-refractivity contribution < 1.29 is 4.79 Å². The summed E-state index contributed by atoms with van der Waals surface area (Å²) in [6.45, 7) is 8.19. The maximum atomic E-state index is 12.8. The molecular formula is C18H26N2O. The summed E-state index contributed by atoms with van der Waals surface area (Å²) >= 11 is 0. The van der Waals surface area contributed by atoms with Crippen molar-refractivity contribution in [3.05, 3.63) is 35.4 Å². The number of carbonyl (C=O) groups is 1. The topological polar surface area (TPSA) is 46.3 Å². The molecule has 1 aliphatic carbocycles. The zero-order valence-corrected chi connectivity index (χ0v) is 13.4. The number of nitrogens with two attached hydrogens (primary N) is 1. The highest BCUT2D eigenvalue weighted by molar-refractivity contribution is 5.91. The van der Waals surface area contributed by atoms with Gasteiger partial charge in [0.2, 0.25) is 5.91 Å². The SMILES string of the molecule is CC(C)(C)c1ccc(C2(C(=O)N3CCC(N)C3)CC2)cc1. The molecule has 1 heterocycles. The van der Waals surface area contributed by atoms with Gasteiger partial charge < -0.3 is 10.6 Å². The maximum absolute atomic E-state index is 12.8. The Morgan fingerprint density at radius 1 is 1.24 bits per heavy atom. The molecule has 3 rings (SSSR count). The van der Waals surface area contributed by atoms with Gasteiger partial charge in [0.05, 0.1) is 5.41 Å². The molecule has 2 fully saturated rings. The summed E-state index contributed by atoms with van der Waals surface area (Å²) < 4.78 is 0. The number of rotatable bonds is 2. The number of hydrogen-bond donors (Lipinski definition) is 1. The fourth-order valence-electron chi connectivity index (χ4n) is 3.31. The molecule has 0 aromatic heterocycles. The van der Waals surface area contributed by atoms with Crippen molar-refractivity contribution in [1.29, 1.82) is 0 Å². The highest BCUT2D eigenvalue weighted by atomic mass is 16.2. The molecule has 1 saturated heterocycles. The Balaban J connectivity index is 1.81. The second-order valence-electron chi connectivity index (χ2n) is 7.71. The van der Waals surface area contributed by atoms with E-state index in [1.807, 2.05) is 4.90 Å². The lowest BCUT2D eigenvalue weighted by Crippen LogP contribution is -2.39. The van der Waals surface area contributed by atoms with Gasteiger partial charge in [-0.2, -0.15) is 0 Å². The van der Waals surface area contributed by atoms with Crippen LogP contribution in [-0.2, 0) is 15.6 Å². The largest absolute Gasteiger partial charge is 0.340 e. The van der Waals surface area contributed by atoms with Gasteiger partial charge in [-0.15, -0.1) is 0 Å². The molecule has 114 valence electrons. The van der Waals surface area contributed by atoms with Crippen LogP contribution in [0, 0.1) is 0 Å². The summed E-state index contributed by atoms with van der Waals surface area (Å²) in [7, 11) is 0. The van der Waals surface area contributed by atoms with E-state index in [1.54, 1.807) is 0 Å². The number of nitrogens with zero attached hydrogens (tertiary/aromatic N) is 1. The lowest BCUT2D eigenvalue weighted by atomic mass is 9.84. The van der Waals surface area contributed by atoms with Gasteiger partial charge in [0.15, 0.2) is 0 Å². The summed E-state index contributed by atoms with van der Waals surface area (Å²) in [4.78, 5) is 14.8. The summed E-state index contributed by atoms with van der Waals surface area (Å²) in [5.41, 5.74) is 8.34. The first-order valence-corrected chi connectivity index (χ1v) is 7.99. The molecule has 2 aliphatic rings. The Bertz CT molecular complexity index is 537. The van der Waals surface area contributed by atoms with Crippen molar-refractivity contribution >= 4 is 5.91 Å². The van der Waals surface area contributed by atoms with Crippen LogP contribution < -0.4 is 5.73 Å². The fourth-order valence-corrected chi connectivity index (χ4v) is 3.31. The molecule has 0 bridgehead atoms. The van der Waals surface area contributed by atoms with Gasteiger partial charge in [0.25, 0.3) is 0 Å². The Kier molecular flexibility index (Phi) is 3.36. The van der Waals surface area contributed by atoms with Crippen LogP contribution in [0.15, 0.2) is 24.3 Å². The highest BCUT2D eigenvalue weighted by Crippen LogP contribution is 2.50. The van der Waals surface area contributed by atoms with Gasteiger partial charge in [-0.3, -0.25) is 4.79 Å². The molecule has 21 heavy (non-hydrogen) atoms. The second-order valence-corrected chi connectivity index (χ2v) is 7.71. The highest BCUT2D eigenvalue weighted by Gasteiger charge is 2.53. The molecule has 1 atom stereocenters. The minimum absolute atomic E-state index is 0.154. The van der Waals surface area contributed by atoms with Crippen molar-refractivity contribution in [3.63, 3.8) is 0 Å². The predicted octanol–water partition coefficient (Wildman–Crippen LogP) is 2.58. The third kappa shape index (κ3) is 2.59. The minimum Gasteiger partial charge on any atom is -0.340 e. The standard InChI is InChI=1S/C18H26N2O/c1-17(2,3)13-4-6-14(7-5-13)18(9-10-18)16(21)20-11-8-15(19)12-20/h4-7,15H,8-12,19H2,1-3H3. The Morgan fingerprint density at radius 3 is 2.29 bits per heavy atom. The van der Waals surface area contributed by atoms with Crippen LogP contribution in [-0.4, -0.2) is 29.9 Å². The van der Waals surface area contributed by atoms with Gasteiger partial charge in [0.1, 0.15) is 0 Å². The fraction of sp³-hybridized carbons (Fsp3) is 0.611. The normalized spacial score (nSPS) is 24.2. The molecule has 1 saturated carbocycles. The zero-order valence-electron chi connectivity index (χ0n) is 13.4. The Hall–Kier alpha value is -1.35. The van der Waals surface area contributed by atoms with Crippen LogP contribution in [0.4, 0.5) is 0 Å². The summed E-state index contributed by atoms with van der Waals surface area (Å²) in [5, 5.41) is 0. The smallest absolute Gasteiger partial charge is 0.233 e. The molecule has 1 aliphatic heterocycles. The molecule has 3 heteroatoms. The van der Waals surface area contributed by atoms with E-state index >= 15 is 0 Å². The van der Waals surface area contributed by atoms with E-state index in [1.165, 1.54) is 11.1 Å². The molecule has 1 amide bonds. The molecular weight excluding hydrogens is 260 g/mol. The Labute approximate surface area is 127 Å².